The van der Waals surface area contributed by atoms with Crippen LogP contribution >= 0.6 is 23.4 Å². The summed E-state index contributed by atoms with van der Waals surface area (Å²) in [7, 11) is 1.59. The van der Waals surface area contributed by atoms with Crippen molar-refractivity contribution < 1.29 is 14.3 Å². The van der Waals surface area contributed by atoms with Crippen LogP contribution in [0.1, 0.15) is 0 Å². The van der Waals surface area contributed by atoms with E-state index in [0.717, 1.165) is 11.0 Å². The summed E-state index contributed by atoms with van der Waals surface area (Å²) in [6.07, 6.45) is 0. The number of halogens is 1. The molecule has 0 unspecified atom stereocenters. The molecule has 0 saturated carbocycles. The summed E-state index contributed by atoms with van der Waals surface area (Å²) in [4.78, 5) is 29.8. The van der Waals surface area contributed by atoms with E-state index in [2.05, 4.69) is 15.6 Å². The molecule has 0 radical (unpaired) electrons. The van der Waals surface area contributed by atoms with E-state index >= 15 is 0 Å². The molecule has 0 bridgehead atoms. The number of imidazole rings is 1. The molecule has 3 aromatic carbocycles. The van der Waals surface area contributed by atoms with Crippen LogP contribution in [0.3, 0.4) is 0 Å². The first-order valence-corrected chi connectivity index (χ1v) is 11.5. The third kappa shape index (κ3) is 5.66. The summed E-state index contributed by atoms with van der Waals surface area (Å²) in [6, 6.07) is 21.7. The number of thioether (sulfide) groups is 1. The van der Waals surface area contributed by atoms with Gasteiger partial charge in [0.2, 0.25) is 11.8 Å². The lowest BCUT2D eigenvalue weighted by Gasteiger charge is -2.11. The molecule has 0 spiro atoms. The fraction of sp³-hybridized carbons (Fsp3) is 0.125. The maximum Gasteiger partial charge on any atom is 0.244 e. The fourth-order valence-electron chi connectivity index (χ4n) is 3.21. The third-order valence-electron chi connectivity index (χ3n) is 4.78. The molecule has 7 nitrogen and oxygen atoms in total. The quantitative estimate of drug-likeness (QED) is 0.344. The lowest BCUT2D eigenvalue weighted by atomic mass is 10.3. The van der Waals surface area contributed by atoms with Crippen LogP contribution in [0.5, 0.6) is 5.75 Å². The van der Waals surface area contributed by atoms with Gasteiger partial charge in [0, 0.05) is 5.69 Å². The molecular formula is C24H21ClN4O3S. The number of amides is 2. The highest BCUT2D eigenvalue weighted by Gasteiger charge is 2.16. The van der Waals surface area contributed by atoms with Gasteiger partial charge in [0.1, 0.15) is 12.3 Å². The van der Waals surface area contributed by atoms with Crippen molar-refractivity contribution >= 4 is 57.6 Å². The van der Waals surface area contributed by atoms with Gasteiger partial charge in [-0.2, -0.15) is 0 Å². The zero-order valence-electron chi connectivity index (χ0n) is 17.7. The van der Waals surface area contributed by atoms with Crippen LogP contribution in [0.15, 0.2) is 78.0 Å². The van der Waals surface area contributed by atoms with E-state index < -0.39 is 0 Å². The minimum absolute atomic E-state index is 0.0359. The van der Waals surface area contributed by atoms with Gasteiger partial charge in [-0.05, 0) is 48.5 Å². The third-order valence-corrected chi connectivity index (χ3v) is 6.08. The van der Waals surface area contributed by atoms with E-state index in [1.807, 2.05) is 24.3 Å². The van der Waals surface area contributed by atoms with Crippen molar-refractivity contribution in [3.05, 3.63) is 77.8 Å². The summed E-state index contributed by atoms with van der Waals surface area (Å²) in [5.41, 5.74) is 2.78. The standard InChI is InChI=1S/C24H21ClN4O3S/c1-32-17-12-10-16(11-13-17)26-23(31)15-33-24-28-20-8-4-5-9-21(20)29(24)14-22(30)27-19-7-3-2-6-18(19)25/h2-13H,14-15H2,1H3,(H,26,31)(H,27,30). The second-order valence-electron chi connectivity index (χ2n) is 7.06. The van der Waals surface area contributed by atoms with Crippen molar-refractivity contribution in [1.29, 1.82) is 0 Å². The molecule has 0 aliphatic carbocycles. The van der Waals surface area contributed by atoms with E-state index in [-0.39, 0.29) is 24.1 Å². The zero-order valence-corrected chi connectivity index (χ0v) is 19.3. The van der Waals surface area contributed by atoms with E-state index in [0.29, 0.717) is 27.3 Å². The Morgan fingerprint density at radius 2 is 1.70 bits per heavy atom. The molecular weight excluding hydrogens is 460 g/mol. The second-order valence-corrected chi connectivity index (χ2v) is 8.41. The number of hydrogen-bond acceptors (Lipinski definition) is 5. The monoisotopic (exact) mass is 480 g/mol. The number of methoxy groups -OCH3 is 1. The summed E-state index contributed by atoms with van der Waals surface area (Å²) in [6.45, 7) is 0.0359. The van der Waals surface area contributed by atoms with Crippen molar-refractivity contribution in [3.8, 4) is 5.75 Å². The Bertz CT molecular complexity index is 1290. The van der Waals surface area contributed by atoms with Gasteiger partial charge in [-0.1, -0.05) is 47.6 Å². The summed E-state index contributed by atoms with van der Waals surface area (Å²) >= 11 is 7.42. The molecule has 2 amide bonds. The van der Waals surface area contributed by atoms with Crippen LogP contribution < -0.4 is 15.4 Å². The second kappa shape index (κ2) is 10.4. The first-order chi connectivity index (χ1) is 16.0. The Morgan fingerprint density at radius 3 is 2.45 bits per heavy atom. The van der Waals surface area contributed by atoms with Crippen molar-refractivity contribution in [2.75, 3.05) is 23.5 Å². The molecule has 1 heterocycles. The lowest BCUT2D eigenvalue weighted by molar-refractivity contribution is -0.117. The first-order valence-electron chi connectivity index (χ1n) is 10.1. The number of nitrogens with zero attached hydrogens (tertiary/aromatic N) is 2. The predicted octanol–water partition coefficient (Wildman–Crippen LogP) is 5.07. The normalized spacial score (nSPS) is 10.7. The van der Waals surface area contributed by atoms with E-state index in [1.165, 1.54) is 11.8 Å². The fourth-order valence-corrected chi connectivity index (χ4v) is 4.21. The molecule has 9 heteroatoms. The Labute approximate surface area is 200 Å². The van der Waals surface area contributed by atoms with Gasteiger partial charge < -0.3 is 19.9 Å². The van der Waals surface area contributed by atoms with Crippen LogP contribution in [0.25, 0.3) is 11.0 Å². The van der Waals surface area contributed by atoms with E-state index in [9.17, 15) is 9.59 Å². The first kappa shape index (κ1) is 22.7. The molecule has 0 atom stereocenters. The summed E-state index contributed by atoms with van der Waals surface area (Å²) in [5.74, 6) is 0.438. The molecule has 2 N–H and O–H groups in total. The van der Waals surface area contributed by atoms with E-state index in [1.54, 1.807) is 60.2 Å². The van der Waals surface area contributed by atoms with Crippen LogP contribution in [0.2, 0.25) is 5.02 Å². The molecule has 1 aromatic heterocycles. The number of carbonyl (C=O) groups excluding carboxylic acids is 2. The molecule has 0 saturated heterocycles. The van der Waals surface area contributed by atoms with Gasteiger partial charge in [0.15, 0.2) is 5.16 Å². The molecule has 0 aliphatic heterocycles. The number of carbonyl (C=O) groups is 2. The average molecular weight is 481 g/mol. The SMILES string of the molecule is COc1ccc(NC(=O)CSc2nc3ccccc3n2CC(=O)Nc2ccccc2Cl)cc1. The number of rotatable bonds is 8. The number of benzene rings is 3. The Kier molecular flexibility index (Phi) is 7.16. The van der Waals surface area contributed by atoms with Crippen molar-refractivity contribution in [1.82, 2.24) is 9.55 Å². The molecule has 168 valence electrons. The number of hydrogen-bond donors (Lipinski definition) is 2. The Balaban J connectivity index is 1.47. The van der Waals surface area contributed by atoms with Gasteiger partial charge in [-0.3, -0.25) is 9.59 Å². The van der Waals surface area contributed by atoms with Crippen molar-refractivity contribution in [3.63, 3.8) is 0 Å². The lowest BCUT2D eigenvalue weighted by Crippen LogP contribution is -2.20. The minimum Gasteiger partial charge on any atom is -0.497 e. The summed E-state index contributed by atoms with van der Waals surface area (Å²) in [5, 5.41) is 6.72. The van der Waals surface area contributed by atoms with Crippen LogP contribution in [0, 0.1) is 0 Å². The predicted molar refractivity (Wildman–Crippen MR) is 132 cm³/mol. The molecule has 0 aliphatic rings. The number of para-hydroxylation sites is 3. The number of aromatic nitrogens is 2. The Hall–Kier alpha value is -3.49. The van der Waals surface area contributed by atoms with Gasteiger partial charge in [-0.25, -0.2) is 4.98 Å². The average Bonchev–Trinajstić information content (AvgIpc) is 3.17. The largest absolute Gasteiger partial charge is 0.497 e. The topological polar surface area (TPSA) is 85.2 Å². The number of ether oxygens (including phenoxy) is 1. The van der Waals surface area contributed by atoms with Crippen LogP contribution in [-0.2, 0) is 16.1 Å². The Morgan fingerprint density at radius 1 is 0.970 bits per heavy atom. The number of nitrogens with one attached hydrogen (secondary N) is 2. The zero-order chi connectivity index (χ0) is 23.2. The number of anilines is 2. The highest BCUT2D eigenvalue weighted by molar-refractivity contribution is 7.99. The van der Waals surface area contributed by atoms with Crippen molar-refractivity contribution in [2.45, 2.75) is 11.7 Å². The molecule has 0 fully saturated rings. The van der Waals surface area contributed by atoms with Gasteiger partial charge in [0.25, 0.3) is 0 Å². The molecule has 4 aromatic rings. The highest BCUT2D eigenvalue weighted by atomic mass is 35.5. The molecule has 4 rings (SSSR count). The summed E-state index contributed by atoms with van der Waals surface area (Å²) < 4.78 is 6.93. The number of fused-ring (bicyclic) bond motifs is 1. The van der Waals surface area contributed by atoms with Gasteiger partial charge in [0.05, 0.1) is 34.6 Å². The van der Waals surface area contributed by atoms with Gasteiger partial charge >= 0.3 is 0 Å². The van der Waals surface area contributed by atoms with Crippen LogP contribution in [-0.4, -0.2) is 34.2 Å². The van der Waals surface area contributed by atoms with Crippen LogP contribution in [0.4, 0.5) is 11.4 Å². The maximum absolute atomic E-state index is 12.7. The van der Waals surface area contributed by atoms with Crippen molar-refractivity contribution in [2.24, 2.45) is 0 Å². The van der Waals surface area contributed by atoms with E-state index in [4.69, 9.17) is 16.3 Å². The van der Waals surface area contributed by atoms with Gasteiger partial charge in [-0.15, -0.1) is 0 Å². The minimum atomic E-state index is -0.240. The maximum atomic E-state index is 12.7. The smallest absolute Gasteiger partial charge is 0.244 e. The molecule has 33 heavy (non-hydrogen) atoms. The highest BCUT2D eigenvalue weighted by Crippen LogP contribution is 2.25.